The van der Waals surface area contributed by atoms with Crippen LogP contribution in [-0.2, 0) is 4.74 Å². The molecule has 0 aliphatic carbocycles. The van der Waals surface area contributed by atoms with E-state index in [2.05, 4.69) is 11.9 Å². The van der Waals surface area contributed by atoms with Crippen LogP contribution in [0, 0.1) is 6.92 Å². The van der Waals surface area contributed by atoms with E-state index in [1.807, 2.05) is 6.92 Å². The maximum absolute atomic E-state index is 5.11. The minimum atomic E-state index is 0.419. The molecule has 0 N–H and O–H groups in total. The zero-order valence-corrected chi connectivity index (χ0v) is 7.83. The van der Waals surface area contributed by atoms with Crippen LogP contribution in [0.1, 0.15) is 30.8 Å². The maximum atomic E-state index is 5.11. The van der Waals surface area contributed by atoms with Crippen molar-refractivity contribution in [3.63, 3.8) is 0 Å². The molecule has 0 fully saturated rings. The Labute approximate surface area is 72.7 Å². The van der Waals surface area contributed by atoms with E-state index in [0.29, 0.717) is 5.92 Å². The van der Waals surface area contributed by atoms with E-state index in [1.54, 1.807) is 13.4 Å². The first-order valence-corrected chi connectivity index (χ1v) is 4.15. The molecule has 0 saturated carbocycles. The maximum Gasteiger partial charge on any atom is 0.191 e. The molecule has 1 rings (SSSR count). The van der Waals surface area contributed by atoms with Crippen LogP contribution in [0.3, 0.4) is 0 Å². The molecule has 0 aromatic carbocycles. The third kappa shape index (κ3) is 2.34. The molecule has 3 nitrogen and oxygen atoms in total. The number of ether oxygens (including phenoxy) is 1. The van der Waals surface area contributed by atoms with Gasteiger partial charge >= 0.3 is 0 Å². The Kier molecular flexibility index (Phi) is 3.29. The van der Waals surface area contributed by atoms with Crippen molar-refractivity contribution >= 4 is 0 Å². The van der Waals surface area contributed by atoms with Crippen molar-refractivity contribution in [2.75, 3.05) is 13.7 Å². The number of rotatable bonds is 4. The van der Waals surface area contributed by atoms with Crippen LogP contribution in [0.2, 0.25) is 0 Å². The fourth-order valence-corrected chi connectivity index (χ4v) is 1.05. The highest BCUT2D eigenvalue weighted by molar-refractivity contribution is 5.01. The Morgan fingerprint density at radius 1 is 1.67 bits per heavy atom. The third-order valence-electron chi connectivity index (χ3n) is 1.90. The first-order chi connectivity index (χ1) is 5.74. The van der Waals surface area contributed by atoms with Crippen LogP contribution >= 0.6 is 0 Å². The fourth-order valence-electron chi connectivity index (χ4n) is 1.05. The lowest BCUT2D eigenvalue weighted by Crippen LogP contribution is -1.98. The van der Waals surface area contributed by atoms with Crippen LogP contribution in [0.4, 0.5) is 0 Å². The van der Waals surface area contributed by atoms with E-state index in [4.69, 9.17) is 9.15 Å². The number of nitrogens with zero attached hydrogens (tertiary/aromatic N) is 1. The number of oxazole rings is 1. The van der Waals surface area contributed by atoms with Gasteiger partial charge in [0.05, 0.1) is 5.69 Å². The van der Waals surface area contributed by atoms with Gasteiger partial charge < -0.3 is 9.15 Å². The van der Waals surface area contributed by atoms with E-state index in [0.717, 1.165) is 24.6 Å². The largest absolute Gasteiger partial charge is 0.449 e. The monoisotopic (exact) mass is 169 g/mol. The van der Waals surface area contributed by atoms with Crippen molar-refractivity contribution in [2.24, 2.45) is 0 Å². The van der Waals surface area contributed by atoms with Gasteiger partial charge in [0.15, 0.2) is 5.89 Å². The van der Waals surface area contributed by atoms with E-state index < -0.39 is 0 Å². The van der Waals surface area contributed by atoms with Gasteiger partial charge in [0.1, 0.15) is 6.26 Å². The third-order valence-corrected chi connectivity index (χ3v) is 1.90. The van der Waals surface area contributed by atoms with Gasteiger partial charge in [-0.1, -0.05) is 6.92 Å². The summed E-state index contributed by atoms with van der Waals surface area (Å²) < 4.78 is 10.1. The molecule has 1 aromatic rings. The van der Waals surface area contributed by atoms with Crippen molar-refractivity contribution in [1.82, 2.24) is 4.98 Å². The van der Waals surface area contributed by atoms with Gasteiger partial charge in [0.2, 0.25) is 0 Å². The molecule has 0 radical (unpaired) electrons. The molecule has 1 heterocycles. The molecule has 0 saturated heterocycles. The summed E-state index contributed by atoms with van der Waals surface area (Å²) in [7, 11) is 1.71. The number of hydrogen-bond donors (Lipinski definition) is 0. The Balaban J connectivity index is 2.47. The summed E-state index contributed by atoms with van der Waals surface area (Å²) >= 11 is 0. The Hall–Kier alpha value is -0.830. The molecule has 0 amide bonds. The highest BCUT2D eigenvalue weighted by atomic mass is 16.5. The zero-order valence-electron chi connectivity index (χ0n) is 7.83. The Morgan fingerprint density at radius 3 is 2.92 bits per heavy atom. The Bertz CT molecular complexity index is 232. The van der Waals surface area contributed by atoms with Crippen molar-refractivity contribution in [3.05, 3.63) is 17.8 Å². The lowest BCUT2D eigenvalue weighted by molar-refractivity contribution is 0.189. The summed E-state index contributed by atoms with van der Waals surface area (Å²) in [5.41, 5.74) is 1.02. The first kappa shape index (κ1) is 9.26. The topological polar surface area (TPSA) is 35.3 Å². The molecule has 0 bridgehead atoms. The van der Waals surface area contributed by atoms with E-state index in [9.17, 15) is 0 Å². The molecule has 68 valence electrons. The van der Waals surface area contributed by atoms with Gasteiger partial charge in [0, 0.05) is 26.6 Å². The van der Waals surface area contributed by atoms with Gasteiger partial charge in [0.25, 0.3) is 0 Å². The molecule has 0 aliphatic heterocycles. The number of methoxy groups -OCH3 is 1. The summed E-state index contributed by atoms with van der Waals surface area (Å²) in [6.45, 7) is 4.75. The second-order valence-electron chi connectivity index (χ2n) is 2.97. The lowest BCUT2D eigenvalue weighted by atomic mass is 10.1. The highest BCUT2D eigenvalue weighted by Gasteiger charge is 2.08. The van der Waals surface area contributed by atoms with E-state index in [1.165, 1.54) is 0 Å². The van der Waals surface area contributed by atoms with Crippen LogP contribution in [-0.4, -0.2) is 18.7 Å². The molecule has 3 heteroatoms. The van der Waals surface area contributed by atoms with Gasteiger partial charge in [-0.3, -0.25) is 0 Å². The van der Waals surface area contributed by atoms with Crippen molar-refractivity contribution in [1.29, 1.82) is 0 Å². The molecule has 0 aliphatic rings. The molecule has 1 aromatic heterocycles. The molecule has 1 atom stereocenters. The summed E-state index contributed by atoms with van der Waals surface area (Å²) in [5, 5.41) is 0. The standard InChI is InChI=1S/C9H15NO2/c1-7(4-5-11-3)9-6-12-8(2)10-9/h6-7H,4-5H2,1-3H3. The van der Waals surface area contributed by atoms with Crippen LogP contribution < -0.4 is 0 Å². The van der Waals surface area contributed by atoms with Crippen molar-refractivity contribution < 1.29 is 9.15 Å². The smallest absolute Gasteiger partial charge is 0.191 e. The average Bonchev–Trinajstić information content (AvgIpc) is 2.47. The highest BCUT2D eigenvalue weighted by Crippen LogP contribution is 2.17. The minimum absolute atomic E-state index is 0.419. The van der Waals surface area contributed by atoms with E-state index in [-0.39, 0.29) is 0 Å². The lowest BCUT2D eigenvalue weighted by Gasteiger charge is -2.05. The number of aryl methyl sites for hydroxylation is 1. The normalized spacial score (nSPS) is 13.2. The number of hydrogen-bond acceptors (Lipinski definition) is 3. The van der Waals surface area contributed by atoms with E-state index >= 15 is 0 Å². The summed E-state index contributed by atoms with van der Waals surface area (Å²) in [6.07, 6.45) is 2.71. The van der Waals surface area contributed by atoms with Gasteiger partial charge in [-0.05, 0) is 6.42 Å². The van der Waals surface area contributed by atoms with Gasteiger partial charge in [-0.25, -0.2) is 4.98 Å². The summed E-state index contributed by atoms with van der Waals surface area (Å²) in [4.78, 5) is 4.24. The molecular weight excluding hydrogens is 154 g/mol. The molecule has 12 heavy (non-hydrogen) atoms. The van der Waals surface area contributed by atoms with Crippen LogP contribution in [0.5, 0.6) is 0 Å². The predicted octanol–water partition coefficient (Wildman–Crippen LogP) is 2.12. The van der Waals surface area contributed by atoms with Crippen molar-refractivity contribution in [3.8, 4) is 0 Å². The van der Waals surface area contributed by atoms with Crippen LogP contribution in [0.25, 0.3) is 0 Å². The number of aromatic nitrogens is 1. The first-order valence-electron chi connectivity index (χ1n) is 4.15. The fraction of sp³-hybridized carbons (Fsp3) is 0.667. The van der Waals surface area contributed by atoms with Gasteiger partial charge in [-0.15, -0.1) is 0 Å². The predicted molar refractivity (Wildman–Crippen MR) is 46.1 cm³/mol. The van der Waals surface area contributed by atoms with Gasteiger partial charge in [-0.2, -0.15) is 0 Å². The Morgan fingerprint density at radius 2 is 2.42 bits per heavy atom. The quantitative estimate of drug-likeness (QED) is 0.692. The summed E-state index contributed by atoms with van der Waals surface area (Å²) in [5.74, 6) is 1.15. The zero-order chi connectivity index (χ0) is 8.97. The minimum Gasteiger partial charge on any atom is -0.449 e. The summed E-state index contributed by atoms with van der Waals surface area (Å²) in [6, 6.07) is 0. The SMILES string of the molecule is COCCC(C)c1coc(C)n1. The second kappa shape index (κ2) is 4.26. The van der Waals surface area contributed by atoms with Crippen LogP contribution in [0.15, 0.2) is 10.7 Å². The second-order valence-corrected chi connectivity index (χ2v) is 2.97. The molecule has 1 unspecified atom stereocenters. The average molecular weight is 169 g/mol. The molecular formula is C9H15NO2. The van der Waals surface area contributed by atoms with Crippen molar-refractivity contribution in [2.45, 2.75) is 26.2 Å². The molecule has 0 spiro atoms.